The van der Waals surface area contributed by atoms with Crippen LogP contribution in [0.15, 0.2) is 10.3 Å². The van der Waals surface area contributed by atoms with Crippen molar-refractivity contribution in [2.24, 2.45) is 0 Å². The molecule has 2 N–H and O–H groups in total. The van der Waals surface area contributed by atoms with Crippen LogP contribution < -0.4 is 4.72 Å². The van der Waals surface area contributed by atoms with Crippen LogP contribution in [-0.4, -0.2) is 39.9 Å². The largest absolute Gasteiger partial charge is 0.394 e. The summed E-state index contributed by atoms with van der Waals surface area (Å²) in [4.78, 5) is 0. The fourth-order valence-electron chi connectivity index (χ4n) is 1.18. The average Bonchev–Trinajstić information content (AvgIpc) is 2.65. The summed E-state index contributed by atoms with van der Waals surface area (Å²) in [5, 5.41) is 8.48. The lowest BCUT2D eigenvalue weighted by atomic mass is 10.4. The first-order valence-electron chi connectivity index (χ1n) is 5.41. The van der Waals surface area contributed by atoms with E-state index in [-0.39, 0.29) is 17.4 Å². The van der Waals surface area contributed by atoms with Gasteiger partial charge in [0, 0.05) is 13.2 Å². The average molecular weight is 314 g/mol. The number of sulfonamides is 1. The van der Waals surface area contributed by atoms with Crippen molar-refractivity contribution in [2.45, 2.75) is 17.6 Å². The van der Waals surface area contributed by atoms with Gasteiger partial charge in [-0.1, -0.05) is 11.6 Å². The molecule has 0 unspecified atom stereocenters. The van der Waals surface area contributed by atoms with Gasteiger partial charge in [-0.2, -0.15) is 0 Å². The zero-order valence-electron chi connectivity index (χ0n) is 9.98. The third-order valence-electron chi connectivity index (χ3n) is 2.09. The van der Waals surface area contributed by atoms with Gasteiger partial charge in [0.1, 0.15) is 4.21 Å². The van der Waals surface area contributed by atoms with E-state index in [9.17, 15) is 8.42 Å². The second-order valence-corrected chi connectivity index (χ2v) is 7.26. The molecule has 0 spiro atoms. The molecule has 0 saturated carbocycles. The number of aryl methyl sites for hydroxylation is 1. The van der Waals surface area contributed by atoms with Gasteiger partial charge >= 0.3 is 0 Å². The number of nitrogens with one attached hydrogen (secondary N) is 1. The topological polar surface area (TPSA) is 75.6 Å². The van der Waals surface area contributed by atoms with Gasteiger partial charge in [0.05, 0.1) is 17.6 Å². The van der Waals surface area contributed by atoms with Gasteiger partial charge in [0.25, 0.3) is 0 Å². The van der Waals surface area contributed by atoms with Crippen LogP contribution in [0.4, 0.5) is 0 Å². The summed E-state index contributed by atoms with van der Waals surface area (Å²) in [6, 6.07) is 1.55. The van der Waals surface area contributed by atoms with E-state index >= 15 is 0 Å². The standard InChI is InChI=1S/C10H16ClNO4S2/c1-8-7-9(17-10(8)11)18(14,15)12-3-2-5-16-6-4-13/h7,12-13H,2-6H2,1H3. The molecule has 0 atom stereocenters. The number of aliphatic hydroxyl groups excluding tert-OH is 1. The maximum absolute atomic E-state index is 11.8. The number of hydrogen-bond acceptors (Lipinski definition) is 5. The lowest BCUT2D eigenvalue weighted by molar-refractivity contribution is 0.0913. The molecule has 0 fully saturated rings. The second-order valence-electron chi connectivity index (χ2n) is 3.61. The molecule has 0 aliphatic carbocycles. The summed E-state index contributed by atoms with van der Waals surface area (Å²) in [5.41, 5.74) is 0.758. The molecule has 1 aromatic heterocycles. The van der Waals surface area contributed by atoms with Crippen molar-refractivity contribution < 1.29 is 18.3 Å². The lowest BCUT2D eigenvalue weighted by Crippen LogP contribution is -2.25. The number of rotatable bonds is 8. The maximum atomic E-state index is 11.8. The SMILES string of the molecule is Cc1cc(S(=O)(=O)NCCCOCCO)sc1Cl. The molecule has 104 valence electrons. The van der Waals surface area contributed by atoms with Crippen LogP contribution in [0.3, 0.4) is 0 Å². The van der Waals surface area contributed by atoms with E-state index in [1.54, 1.807) is 13.0 Å². The van der Waals surface area contributed by atoms with Crippen molar-refractivity contribution in [1.29, 1.82) is 0 Å². The van der Waals surface area contributed by atoms with Crippen LogP contribution in [-0.2, 0) is 14.8 Å². The van der Waals surface area contributed by atoms with Crippen LogP contribution in [0.1, 0.15) is 12.0 Å². The normalized spacial score (nSPS) is 11.9. The molecule has 18 heavy (non-hydrogen) atoms. The van der Waals surface area contributed by atoms with Gasteiger partial charge in [0.2, 0.25) is 10.0 Å². The summed E-state index contributed by atoms with van der Waals surface area (Å²) in [6.45, 7) is 2.71. The van der Waals surface area contributed by atoms with Crippen molar-refractivity contribution in [3.63, 3.8) is 0 Å². The highest BCUT2D eigenvalue weighted by atomic mass is 35.5. The molecule has 0 aliphatic rings. The first kappa shape index (κ1) is 15.9. The Labute approximate surface area is 116 Å². The predicted octanol–water partition coefficient (Wildman–Crippen LogP) is 1.39. The molecule has 1 heterocycles. The van der Waals surface area contributed by atoms with Crippen LogP contribution >= 0.6 is 22.9 Å². The summed E-state index contributed by atoms with van der Waals surface area (Å²) in [5.74, 6) is 0. The van der Waals surface area contributed by atoms with Gasteiger partial charge < -0.3 is 9.84 Å². The predicted molar refractivity (Wildman–Crippen MR) is 71.8 cm³/mol. The molecule has 0 saturated heterocycles. The number of ether oxygens (including phenoxy) is 1. The fraction of sp³-hybridized carbons (Fsp3) is 0.600. The Morgan fingerprint density at radius 3 is 2.78 bits per heavy atom. The summed E-state index contributed by atoms with van der Waals surface area (Å²) < 4.78 is 31.9. The van der Waals surface area contributed by atoms with E-state index in [1.807, 2.05) is 0 Å². The number of thiophene rings is 1. The van der Waals surface area contributed by atoms with Crippen molar-refractivity contribution in [2.75, 3.05) is 26.4 Å². The minimum Gasteiger partial charge on any atom is -0.394 e. The minimum absolute atomic E-state index is 0.0291. The Kier molecular flexibility index (Phi) is 6.54. The summed E-state index contributed by atoms with van der Waals surface area (Å²) in [7, 11) is -3.48. The summed E-state index contributed by atoms with van der Waals surface area (Å²) in [6.07, 6.45) is 0.553. The quantitative estimate of drug-likeness (QED) is 0.711. The zero-order chi connectivity index (χ0) is 13.6. The highest BCUT2D eigenvalue weighted by Gasteiger charge is 2.17. The smallest absolute Gasteiger partial charge is 0.250 e. The molecule has 0 aromatic carbocycles. The Bertz CT molecular complexity index is 453. The number of hydrogen-bond donors (Lipinski definition) is 2. The second kappa shape index (κ2) is 7.42. The van der Waals surface area contributed by atoms with Crippen molar-refractivity contribution in [1.82, 2.24) is 4.72 Å². The van der Waals surface area contributed by atoms with Crippen LogP contribution in [0.5, 0.6) is 0 Å². The molecule has 1 aromatic rings. The van der Waals surface area contributed by atoms with E-state index in [0.29, 0.717) is 23.9 Å². The van der Waals surface area contributed by atoms with Crippen LogP contribution in [0.2, 0.25) is 4.34 Å². The number of aliphatic hydroxyl groups is 1. The van der Waals surface area contributed by atoms with E-state index in [1.165, 1.54) is 0 Å². The van der Waals surface area contributed by atoms with Crippen molar-refractivity contribution in [3.05, 3.63) is 16.0 Å². The first-order chi connectivity index (χ1) is 8.47. The molecule has 0 radical (unpaired) electrons. The number of halogens is 1. The molecule has 0 bridgehead atoms. The summed E-state index contributed by atoms with van der Waals surface area (Å²) >= 11 is 6.88. The third-order valence-corrected chi connectivity index (χ3v) is 5.58. The third kappa shape index (κ3) is 4.83. The maximum Gasteiger partial charge on any atom is 0.250 e. The van der Waals surface area contributed by atoms with Gasteiger partial charge in [-0.3, -0.25) is 0 Å². The Morgan fingerprint density at radius 1 is 1.50 bits per heavy atom. The van der Waals surface area contributed by atoms with E-state index in [4.69, 9.17) is 21.4 Å². The van der Waals surface area contributed by atoms with E-state index in [2.05, 4.69) is 4.72 Å². The van der Waals surface area contributed by atoms with Gasteiger partial charge in [0.15, 0.2) is 0 Å². The molecular formula is C10H16ClNO4S2. The monoisotopic (exact) mass is 313 g/mol. The van der Waals surface area contributed by atoms with E-state index in [0.717, 1.165) is 16.9 Å². The molecule has 0 amide bonds. The van der Waals surface area contributed by atoms with Crippen LogP contribution in [0.25, 0.3) is 0 Å². The Balaban J connectivity index is 2.41. The Hall–Kier alpha value is -0.180. The molecule has 8 heteroatoms. The van der Waals surface area contributed by atoms with Crippen molar-refractivity contribution >= 4 is 33.0 Å². The van der Waals surface area contributed by atoms with E-state index < -0.39 is 10.0 Å². The van der Waals surface area contributed by atoms with Gasteiger partial charge in [-0.25, -0.2) is 13.1 Å². The molecule has 0 aliphatic heterocycles. The fourth-order valence-corrected chi connectivity index (χ4v) is 4.01. The first-order valence-corrected chi connectivity index (χ1v) is 8.09. The van der Waals surface area contributed by atoms with Crippen LogP contribution in [0, 0.1) is 6.92 Å². The minimum atomic E-state index is -3.48. The highest BCUT2D eigenvalue weighted by Crippen LogP contribution is 2.29. The Morgan fingerprint density at radius 2 is 2.22 bits per heavy atom. The van der Waals surface area contributed by atoms with Gasteiger partial charge in [-0.05, 0) is 25.0 Å². The van der Waals surface area contributed by atoms with Crippen molar-refractivity contribution in [3.8, 4) is 0 Å². The zero-order valence-corrected chi connectivity index (χ0v) is 12.4. The van der Waals surface area contributed by atoms with Gasteiger partial charge in [-0.15, -0.1) is 11.3 Å². The molecular weight excluding hydrogens is 298 g/mol. The molecule has 1 rings (SSSR count). The molecule has 5 nitrogen and oxygen atoms in total. The lowest BCUT2D eigenvalue weighted by Gasteiger charge is -2.04. The highest BCUT2D eigenvalue weighted by molar-refractivity contribution is 7.91.